The lowest BCUT2D eigenvalue weighted by molar-refractivity contribution is -0.142. The number of likely N-dealkylation sites (tertiary alicyclic amines) is 1. The molecule has 0 bridgehead atoms. The maximum atomic E-state index is 14.1. The quantitative estimate of drug-likeness (QED) is 0.189. The standard InChI is InChI=1S/C36H45N7O6/c1-6-8-21-48-35-38-39-40-43(35)22-26-14-13-19-42(26)34(45)32(25(4)47-20-7-2)37-33(44)24(3)41(5)36(46)49-23-31-29-17-11-9-15-27(29)28-16-10-12-18-30(28)31/h2,9-12,15-18,24-26,31-32H,6,8,13-14,19-23H2,1,3-5H3,(H,37,44)/t24-,25+,26-,32-/m0/s1. The average molecular weight is 672 g/mol. The number of rotatable bonds is 15. The average Bonchev–Trinajstić information content (AvgIpc) is 3.85. The molecule has 1 N–H and O–H groups in total. The Bertz CT molecular complexity index is 1610. The first-order valence-corrected chi connectivity index (χ1v) is 16.9. The molecule has 49 heavy (non-hydrogen) atoms. The van der Waals surface area contributed by atoms with E-state index in [1.807, 2.05) is 36.4 Å². The number of unbranched alkanes of at least 4 members (excludes halogenated alkanes) is 1. The highest BCUT2D eigenvalue weighted by atomic mass is 16.6. The predicted octanol–water partition coefficient (Wildman–Crippen LogP) is 3.64. The van der Waals surface area contributed by atoms with E-state index in [1.54, 1.807) is 23.4 Å². The van der Waals surface area contributed by atoms with Gasteiger partial charge in [0.2, 0.25) is 11.8 Å². The summed E-state index contributed by atoms with van der Waals surface area (Å²) in [5, 5.41) is 14.6. The van der Waals surface area contributed by atoms with E-state index < -0.39 is 30.2 Å². The van der Waals surface area contributed by atoms with Gasteiger partial charge in [0.25, 0.3) is 0 Å². The number of aromatic nitrogens is 4. The number of hydrogen-bond acceptors (Lipinski definition) is 9. The molecule has 2 heterocycles. The van der Waals surface area contributed by atoms with Gasteiger partial charge in [0.15, 0.2) is 0 Å². The molecule has 1 saturated heterocycles. The molecule has 1 aliphatic heterocycles. The van der Waals surface area contributed by atoms with Crippen LogP contribution in [0.25, 0.3) is 11.1 Å². The van der Waals surface area contributed by atoms with Crippen LogP contribution in [0.15, 0.2) is 48.5 Å². The van der Waals surface area contributed by atoms with Gasteiger partial charge in [0.05, 0.1) is 25.3 Å². The number of benzene rings is 2. The van der Waals surface area contributed by atoms with Crippen LogP contribution in [0.3, 0.4) is 0 Å². The van der Waals surface area contributed by atoms with Crippen molar-refractivity contribution in [3.05, 3.63) is 59.7 Å². The molecule has 2 aromatic carbocycles. The zero-order valence-corrected chi connectivity index (χ0v) is 28.6. The number of tetrazole rings is 1. The van der Waals surface area contributed by atoms with E-state index in [9.17, 15) is 14.4 Å². The number of nitrogens with one attached hydrogen (secondary N) is 1. The smallest absolute Gasteiger partial charge is 0.410 e. The molecule has 1 aliphatic carbocycles. The minimum Gasteiger partial charge on any atom is -0.463 e. The molecule has 0 spiro atoms. The lowest BCUT2D eigenvalue weighted by atomic mass is 9.98. The molecule has 4 atom stereocenters. The molecular weight excluding hydrogens is 626 g/mol. The third-order valence-corrected chi connectivity index (χ3v) is 9.32. The number of ether oxygens (including phenoxy) is 3. The summed E-state index contributed by atoms with van der Waals surface area (Å²) in [4.78, 5) is 43.9. The van der Waals surface area contributed by atoms with Crippen molar-refractivity contribution in [2.75, 3.05) is 33.4 Å². The predicted molar refractivity (Wildman–Crippen MR) is 181 cm³/mol. The van der Waals surface area contributed by atoms with Gasteiger partial charge in [-0.1, -0.05) is 72.9 Å². The Balaban J connectivity index is 1.23. The number of amides is 3. The molecule has 260 valence electrons. The lowest BCUT2D eigenvalue weighted by Gasteiger charge is -2.33. The second-order valence-corrected chi connectivity index (χ2v) is 12.5. The summed E-state index contributed by atoms with van der Waals surface area (Å²) in [6, 6.07) is 14.2. The minimum absolute atomic E-state index is 0.0392. The van der Waals surface area contributed by atoms with Gasteiger partial charge in [0, 0.05) is 19.5 Å². The van der Waals surface area contributed by atoms with E-state index in [2.05, 4.69) is 45.8 Å². The third-order valence-electron chi connectivity index (χ3n) is 9.32. The maximum absolute atomic E-state index is 14.1. The van der Waals surface area contributed by atoms with Gasteiger partial charge in [-0.05, 0) is 65.8 Å². The Morgan fingerprint density at radius 3 is 2.47 bits per heavy atom. The van der Waals surface area contributed by atoms with Crippen LogP contribution in [0, 0.1) is 12.3 Å². The summed E-state index contributed by atoms with van der Waals surface area (Å²) in [6.07, 6.45) is 7.36. The van der Waals surface area contributed by atoms with Crippen molar-refractivity contribution in [2.24, 2.45) is 0 Å². The molecule has 0 saturated carbocycles. The van der Waals surface area contributed by atoms with Gasteiger partial charge in [-0.25, -0.2) is 4.79 Å². The van der Waals surface area contributed by atoms with Crippen molar-refractivity contribution < 1.29 is 28.6 Å². The van der Waals surface area contributed by atoms with E-state index in [4.69, 9.17) is 20.6 Å². The second kappa shape index (κ2) is 16.4. The Hall–Kier alpha value is -4.96. The lowest BCUT2D eigenvalue weighted by Crippen LogP contribution is -2.58. The van der Waals surface area contributed by atoms with Gasteiger partial charge in [-0.3, -0.25) is 14.5 Å². The maximum Gasteiger partial charge on any atom is 0.410 e. The zero-order valence-electron chi connectivity index (χ0n) is 28.6. The van der Waals surface area contributed by atoms with Crippen LogP contribution in [0.5, 0.6) is 6.01 Å². The summed E-state index contributed by atoms with van der Waals surface area (Å²) in [5.74, 6) is 1.44. The monoisotopic (exact) mass is 671 g/mol. The molecule has 0 unspecified atom stereocenters. The first-order chi connectivity index (χ1) is 23.7. The van der Waals surface area contributed by atoms with Crippen molar-refractivity contribution >= 4 is 17.9 Å². The molecule has 3 amide bonds. The van der Waals surface area contributed by atoms with Crippen LogP contribution in [0.1, 0.15) is 63.5 Å². The van der Waals surface area contributed by atoms with Gasteiger partial charge in [-0.2, -0.15) is 4.68 Å². The topological polar surface area (TPSA) is 141 Å². The highest BCUT2D eigenvalue weighted by molar-refractivity contribution is 5.91. The number of terminal acetylenes is 1. The SMILES string of the molecule is C#CCO[C@H](C)[C@H](NC(=O)[C@H](C)N(C)C(=O)OCC1c2ccccc2-c2ccccc21)C(=O)N1CCC[C@H]1Cn1nnnc1OCCCC. The van der Waals surface area contributed by atoms with Gasteiger partial charge in [0.1, 0.15) is 25.3 Å². The fraction of sp³-hybridized carbons (Fsp3) is 0.500. The summed E-state index contributed by atoms with van der Waals surface area (Å²) in [7, 11) is 1.50. The van der Waals surface area contributed by atoms with Crippen LogP contribution < -0.4 is 10.1 Å². The van der Waals surface area contributed by atoms with E-state index >= 15 is 0 Å². The Labute approximate surface area is 287 Å². The molecular formula is C36H45N7O6. The highest BCUT2D eigenvalue weighted by Crippen LogP contribution is 2.44. The van der Waals surface area contributed by atoms with Crippen molar-refractivity contribution in [2.45, 2.75) is 83.1 Å². The zero-order chi connectivity index (χ0) is 34.9. The van der Waals surface area contributed by atoms with Crippen molar-refractivity contribution in [1.82, 2.24) is 35.3 Å². The first-order valence-electron chi connectivity index (χ1n) is 16.9. The molecule has 13 nitrogen and oxygen atoms in total. The van der Waals surface area contributed by atoms with Crippen molar-refractivity contribution in [3.63, 3.8) is 0 Å². The third kappa shape index (κ3) is 8.03. The summed E-state index contributed by atoms with van der Waals surface area (Å²) in [6.45, 7) is 6.73. The highest BCUT2D eigenvalue weighted by Gasteiger charge is 2.39. The van der Waals surface area contributed by atoms with Crippen LogP contribution in [-0.2, 0) is 25.6 Å². The number of likely N-dealkylation sites (N-methyl/N-ethyl adjacent to an activating group) is 1. The normalized spacial score (nSPS) is 17.0. The number of hydrogen-bond donors (Lipinski definition) is 1. The summed E-state index contributed by atoms with van der Waals surface area (Å²) < 4.78 is 18.8. The van der Waals surface area contributed by atoms with Crippen molar-refractivity contribution in [1.29, 1.82) is 0 Å². The summed E-state index contributed by atoms with van der Waals surface area (Å²) >= 11 is 0. The Morgan fingerprint density at radius 2 is 1.80 bits per heavy atom. The molecule has 13 heteroatoms. The summed E-state index contributed by atoms with van der Waals surface area (Å²) in [5.41, 5.74) is 4.42. The van der Waals surface area contributed by atoms with Gasteiger partial charge < -0.3 is 24.4 Å². The van der Waals surface area contributed by atoms with E-state index in [0.29, 0.717) is 25.7 Å². The van der Waals surface area contributed by atoms with Crippen molar-refractivity contribution in [3.8, 4) is 29.5 Å². The van der Waals surface area contributed by atoms with Crippen LogP contribution in [0.4, 0.5) is 4.79 Å². The fourth-order valence-corrected chi connectivity index (χ4v) is 6.38. The molecule has 2 aliphatic rings. The second-order valence-electron chi connectivity index (χ2n) is 12.5. The van der Waals surface area contributed by atoms with E-state index in [-0.39, 0.29) is 31.1 Å². The molecule has 5 rings (SSSR count). The molecule has 0 radical (unpaired) electrons. The largest absolute Gasteiger partial charge is 0.463 e. The molecule has 1 aromatic heterocycles. The van der Waals surface area contributed by atoms with E-state index in [0.717, 1.165) is 47.9 Å². The molecule has 1 fully saturated rings. The van der Waals surface area contributed by atoms with Crippen LogP contribution in [0.2, 0.25) is 0 Å². The Morgan fingerprint density at radius 1 is 1.10 bits per heavy atom. The molecule has 3 aromatic rings. The first kappa shape index (κ1) is 35.3. The number of nitrogens with zero attached hydrogens (tertiary/aromatic N) is 6. The Kier molecular flexibility index (Phi) is 11.9. The number of carbonyl (C=O) groups excluding carboxylic acids is 3. The van der Waals surface area contributed by atoms with Gasteiger partial charge in [-0.15, -0.1) is 6.42 Å². The van der Waals surface area contributed by atoms with Gasteiger partial charge >= 0.3 is 12.1 Å². The number of fused-ring (bicyclic) bond motifs is 3. The number of carbonyl (C=O) groups is 3. The minimum atomic E-state index is -1.06. The van der Waals surface area contributed by atoms with Crippen LogP contribution >= 0.6 is 0 Å². The fourth-order valence-electron chi connectivity index (χ4n) is 6.38. The van der Waals surface area contributed by atoms with E-state index in [1.165, 1.54) is 11.9 Å². The van der Waals surface area contributed by atoms with Crippen LogP contribution in [-0.4, -0.2) is 106 Å².